The van der Waals surface area contributed by atoms with E-state index in [2.05, 4.69) is 10.5 Å². The van der Waals surface area contributed by atoms with E-state index < -0.39 is 17.8 Å². The molecule has 0 aliphatic heterocycles. The van der Waals surface area contributed by atoms with Crippen molar-refractivity contribution in [3.05, 3.63) is 53.4 Å². The Labute approximate surface area is 134 Å². The largest absolute Gasteiger partial charge is 0.481 e. The van der Waals surface area contributed by atoms with Crippen LogP contribution < -0.4 is 5.32 Å². The standard InChI is InChI=1S/C17H20N2O4/c1-11(2)14-9-15(23-19-14)16(20)18-10-13(17(21)22)8-12-6-4-3-5-7-12/h3-7,9,11,13H,8,10H2,1-2H3,(H,18,20)(H,21,22). The molecule has 2 aromatic rings. The van der Waals surface area contributed by atoms with Gasteiger partial charge in [-0.3, -0.25) is 9.59 Å². The average Bonchev–Trinajstić information content (AvgIpc) is 3.02. The summed E-state index contributed by atoms with van der Waals surface area (Å²) in [5.74, 6) is -1.85. The van der Waals surface area contributed by atoms with Crippen LogP contribution in [-0.2, 0) is 11.2 Å². The molecule has 1 heterocycles. The zero-order valence-electron chi connectivity index (χ0n) is 13.2. The van der Waals surface area contributed by atoms with Crippen molar-refractivity contribution < 1.29 is 19.2 Å². The molecule has 23 heavy (non-hydrogen) atoms. The molecule has 0 aliphatic rings. The number of carboxylic acids is 1. The SMILES string of the molecule is CC(C)c1cc(C(=O)NCC(Cc2ccccc2)C(=O)O)on1. The number of carbonyl (C=O) groups is 2. The van der Waals surface area contributed by atoms with Gasteiger partial charge in [0.1, 0.15) is 0 Å². The quantitative estimate of drug-likeness (QED) is 0.818. The second-order valence-electron chi connectivity index (χ2n) is 5.71. The molecule has 2 N–H and O–H groups in total. The minimum Gasteiger partial charge on any atom is -0.481 e. The summed E-state index contributed by atoms with van der Waals surface area (Å²) in [5, 5.41) is 15.7. The molecule has 6 heteroatoms. The zero-order chi connectivity index (χ0) is 16.8. The molecule has 1 unspecified atom stereocenters. The van der Waals surface area contributed by atoms with Crippen molar-refractivity contribution in [1.82, 2.24) is 10.5 Å². The third-order valence-electron chi connectivity index (χ3n) is 3.53. The number of amides is 1. The van der Waals surface area contributed by atoms with E-state index >= 15 is 0 Å². The van der Waals surface area contributed by atoms with E-state index in [4.69, 9.17) is 4.52 Å². The fourth-order valence-electron chi connectivity index (χ4n) is 2.12. The first-order valence-corrected chi connectivity index (χ1v) is 7.49. The molecule has 1 aromatic carbocycles. The smallest absolute Gasteiger partial charge is 0.308 e. The van der Waals surface area contributed by atoms with E-state index in [-0.39, 0.29) is 18.2 Å². The number of nitrogens with one attached hydrogen (secondary N) is 1. The van der Waals surface area contributed by atoms with Gasteiger partial charge >= 0.3 is 5.97 Å². The Morgan fingerprint density at radius 3 is 2.52 bits per heavy atom. The molecule has 6 nitrogen and oxygen atoms in total. The first-order valence-electron chi connectivity index (χ1n) is 7.49. The van der Waals surface area contributed by atoms with Crippen LogP contribution in [0.4, 0.5) is 0 Å². The van der Waals surface area contributed by atoms with Crippen molar-refractivity contribution in [3.8, 4) is 0 Å². The van der Waals surface area contributed by atoms with Crippen LogP contribution in [0.3, 0.4) is 0 Å². The minimum absolute atomic E-state index is 0.0285. The van der Waals surface area contributed by atoms with Crippen LogP contribution in [0.15, 0.2) is 40.9 Å². The first kappa shape index (κ1) is 16.7. The summed E-state index contributed by atoms with van der Waals surface area (Å²) in [6.45, 7) is 3.92. The van der Waals surface area contributed by atoms with E-state index in [1.54, 1.807) is 6.07 Å². The Bertz CT molecular complexity index is 664. The topological polar surface area (TPSA) is 92.4 Å². The highest BCUT2D eigenvalue weighted by Crippen LogP contribution is 2.14. The molecule has 0 fully saturated rings. The molecule has 0 saturated heterocycles. The highest BCUT2D eigenvalue weighted by molar-refractivity contribution is 5.91. The number of hydrogen-bond donors (Lipinski definition) is 2. The number of carbonyl (C=O) groups excluding carboxylic acids is 1. The van der Waals surface area contributed by atoms with Crippen LogP contribution in [0.2, 0.25) is 0 Å². The summed E-state index contributed by atoms with van der Waals surface area (Å²) < 4.78 is 4.99. The molecular formula is C17H20N2O4. The predicted molar refractivity (Wildman–Crippen MR) is 84.2 cm³/mol. The Morgan fingerprint density at radius 2 is 1.96 bits per heavy atom. The number of aliphatic carboxylic acids is 1. The molecule has 1 amide bonds. The molecule has 0 radical (unpaired) electrons. The van der Waals surface area contributed by atoms with Crippen LogP contribution in [-0.4, -0.2) is 28.7 Å². The molecule has 1 aromatic heterocycles. The average molecular weight is 316 g/mol. The number of aromatic nitrogens is 1. The number of hydrogen-bond acceptors (Lipinski definition) is 4. The van der Waals surface area contributed by atoms with Gasteiger partial charge in [0.25, 0.3) is 5.91 Å². The molecular weight excluding hydrogens is 296 g/mol. The lowest BCUT2D eigenvalue weighted by Crippen LogP contribution is -2.34. The maximum atomic E-state index is 12.0. The van der Waals surface area contributed by atoms with Crippen molar-refractivity contribution in [3.63, 3.8) is 0 Å². The second kappa shape index (κ2) is 7.58. The second-order valence-corrected chi connectivity index (χ2v) is 5.71. The molecule has 0 saturated carbocycles. The Balaban J connectivity index is 1.95. The van der Waals surface area contributed by atoms with E-state index in [1.807, 2.05) is 44.2 Å². The van der Waals surface area contributed by atoms with Gasteiger partial charge in [0.2, 0.25) is 5.76 Å². The van der Waals surface area contributed by atoms with Crippen LogP contribution >= 0.6 is 0 Å². The van der Waals surface area contributed by atoms with Crippen molar-refractivity contribution in [1.29, 1.82) is 0 Å². The summed E-state index contributed by atoms with van der Waals surface area (Å²) in [7, 11) is 0. The molecule has 2 rings (SSSR count). The van der Waals surface area contributed by atoms with Crippen molar-refractivity contribution in [2.24, 2.45) is 5.92 Å². The van der Waals surface area contributed by atoms with E-state index in [0.717, 1.165) is 5.56 Å². The summed E-state index contributed by atoms with van der Waals surface area (Å²) in [6.07, 6.45) is 0.351. The first-order chi connectivity index (χ1) is 11.0. The summed E-state index contributed by atoms with van der Waals surface area (Å²) in [4.78, 5) is 23.4. The third-order valence-corrected chi connectivity index (χ3v) is 3.53. The maximum Gasteiger partial charge on any atom is 0.308 e. The fourth-order valence-corrected chi connectivity index (χ4v) is 2.12. The van der Waals surface area contributed by atoms with Crippen molar-refractivity contribution in [2.45, 2.75) is 26.2 Å². The lowest BCUT2D eigenvalue weighted by molar-refractivity contribution is -0.141. The van der Waals surface area contributed by atoms with E-state index in [0.29, 0.717) is 12.1 Å². The molecule has 1 atom stereocenters. The van der Waals surface area contributed by atoms with Gasteiger partial charge in [-0.2, -0.15) is 0 Å². The highest BCUT2D eigenvalue weighted by Gasteiger charge is 2.21. The van der Waals surface area contributed by atoms with Gasteiger partial charge in [-0.25, -0.2) is 0 Å². The zero-order valence-corrected chi connectivity index (χ0v) is 13.2. The molecule has 122 valence electrons. The Morgan fingerprint density at radius 1 is 1.26 bits per heavy atom. The van der Waals surface area contributed by atoms with Crippen LogP contribution in [0.1, 0.15) is 41.6 Å². The predicted octanol–water partition coefficient (Wildman–Crippen LogP) is 2.47. The Hall–Kier alpha value is -2.63. The van der Waals surface area contributed by atoms with Crippen molar-refractivity contribution in [2.75, 3.05) is 6.54 Å². The highest BCUT2D eigenvalue weighted by atomic mass is 16.5. The van der Waals surface area contributed by atoms with E-state index in [1.165, 1.54) is 0 Å². The van der Waals surface area contributed by atoms with Gasteiger partial charge in [-0.15, -0.1) is 0 Å². The van der Waals surface area contributed by atoms with Gasteiger partial charge in [0.05, 0.1) is 11.6 Å². The van der Waals surface area contributed by atoms with Crippen LogP contribution in [0.5, 0.6) is 0 Å². The van der Waals surface area contributed by atoms with E-state index in [9.17, 15) is 14.7 Å². The Kier molecular flexibility index (Phi) is 5.51. The minimum atomic E-state index is -0.949. The van der Waals surface area contributed by atoms with Gasteiger partial charge in [-0.05, 0) is 17.9 Å². The fraction of sp³-hybridized carbons (Fsp3) is 0.353. The lowest BCUT2D eigenvalue weighted by atomic mass is 9.99. The summed E-state index contributed by atoms with van der Waals surface area (Å²) >= 11 is 0. The number of nitrogens with zero attached hydrogens (tertiary/aromatic N) is 1. The van der Waals surface area contributed by atoms with Gasteiger partial charge in [-0.1, -0.05) is 49.3 Å². The molecule has 0 aliphatic carbocycles. The van der Waals surface area contributed by atoms with Gasteiger partial charge in [0, 0.05) is 12.6 Å². The number of benzene rings is 1. The summed E-state index contributed by atoms with van der Waals surface area (Å²) in [6, 6.07) is 10.9. The normalized spacial score (nSPS) is 12.1. The molecule has 0 spiro atoms. The van der Waals surface area contributed by atoms with Crippen molar-refractivity contribution >= 4 is 11.9 Å². The van der Waals surface area contributed by atoms with Crippen LogP contribution in [0, 0.1) is 5.92 Å². The number of carboxylic acid groups (broad SMARTS) is 1. The van der Waals surface area contributed by atoms with Gasteiger partial charge < -0.3 is 14.9 Å². The monoisotopic (exact) mass is 316 g/mol. The summed E-state index contributed by atoms with van der Waals surface area (Å²) in [5.41, 5.74) is 1.60. The maximum absolute atomic E-state index is 12.0. The third kappa shape index (κ3) is 4.67. The molecule has 0 bridgehead atoms. The van der Waals surface area contributed by atoms with Gasteiger partial charge in [0.15, 0.2) is 0 Å². The lowest BCUT2D eigenvalue weighted by Gasteiger charge is -2.12. The number of rotatable bonds is 7. The van der Waals surface area contributed by atoms with Crippen LogP contribution in [0.25, 0.3) is 0 Å².